The van der Waals surface area contributed by atoms with Crippen LogP contribution >= 0.6 is 0 Å². The number of nitrogens with zero attached hydrogens (tertiary/aromatic N) is 2. The average molecular weight is 366 g/mol. The average Bonchev–Trinajstić information content (AvgIpc) is 2.71. The third-order valence-electron chi connectivity index (χ3n) is 4.59. The molecule has 0 radical (unpaired) electrons. The van der Waals surface area contributed by atoms with Gasteiger partial charge in [0.25, 0.3) is 11.7 Å². The normalized spacial score (nSPS) is 15.8. The number of methoxy groups -OCH3 is 2. The van der Waals surface area contributed by atoms with E-state index in [9.17, 15) is 4.79 Å². The second-order valence-corrected chi connectivity index (χ2v) is 6.32. The van der Waals surface area contributed by atoms with Gasteiger partial charge in [-0.15, -0.1) is 0 Å². The fraction of sp³-hybridized carbons (Fsp3) is 0.632. The Balaban J connectivity index is 1.86. The molecule has 1 aromatic rings. The lowest BCUT2D eigenvalue weighted by Crippen LogP contribution is -2.55. The largest absolute Gasteiger partial charge is 0.379 e. The Hall–Kier alpha value is -1.51. The molecule has 1 amide bonds. The fourth-order valence-electron chi connectivity index (χ4n) is 2.82. The van der Waals surface area contributed by atoms with E-state index in [1.165, 1.54) is 14.2 Å². The zero-order valence-corrected chi connectivity index (χ0v) is 16.0. The molecule has 0 bridgehead atoms. The van der Waals surface area contributed by atoms with Gasteiger partial charge in [0.05, 0.1) is 19.8 Å². The summed E-state index contributed by atoms with van der Waals surface area (Å²) >= 11 is 0. The highest BCUT2D eigenvalue weighted by Gasteiger charge is 2.41. The summed E-state index contributed by atoms with van der Waals surface area (Å²) in [6, 6.07) is 9.78. The topological polar surface area (TPSA) is 60.5 Å². The van der Waals surface area contributed by atoms with Crippen molar-refractivity contribution in [1.82, 2.24) is 9.80 Å². The summed E-state index contributed by atoms with van der Waals surface area (Å²) in [7, 11) is 4.68. The second kappa shape index (κ2) is 10.6. The van der Waals surface area contributed by atoms with Crippen LogP contribution in [0.1, 0.15) is 5.56 Å². The quantitative estimate of drug-likeness (QED) is 0.576. The summed E-state index contributed by atoms with van der Waals surface area (Å²) in [5.41, 5.74) is 1.03. The molecule has 2 rings (SSSR count). The Morgan fingerprint density at radius 2 is 1.85 bits per heavy atom. The predicted octanol–water partition coefficient (Wildman–Crippen LogP) is 0.983. The first-order valence-corrected chi connectivity index (χ1v) is 8.89. The lowest BCUT2D eigenvalue weighted by molar-refractivity contribution is -0.237. The highest BCUT2D eigenvalue weighted by atomic mass is 16.7. The first-order valence-electron chi connectivity index (χ1n) is 8.89. The Bertz CT molecular complexity index is 530. The maximum atomic E-state index is 12.9. The van der Waals surface area contributed by atoms with Gasteiger partial charge < -0.3 is 23.8 Å². The minimum absolute atomic E-state index is 0.0234. The van der Waals surface area contributed by atoms with Gasteiger partial charge in [0, 0.05) is 47.4 Å². The molecule has 0 N–H and O–H groups in total. The van der Waals surface area contributed by atoms with Crippen LogP contribution < -0.4 is 0 Å². The Morgan fingerprint density at radius 1 is 1.19 bits per heavy atom. The van der Waals surface area contributed by atoms with E-state index in [1.807, 2.05) is 30.3 Å². The lowest BCUT2D eigenvalue weighted by atomic mass is 10.2. The predicted molar refractivity (Wildman–Crippen MR) is 97.7 cm³/mol. The summed E-state index contributed by atoms with van der Waals surface area (Å²) in [6.45, 7) is 5.06. The van der Waals surface area contributed by atoms with Crippen molar-refractivity contribution in [1.29, 1.82) is 0 Å². The van der Waals surface area contributed by atoms with E-state index in [0.717, 1.165) is 38.4 Å². The van der Waals surface area contributed by atoms with Gasteiger partial charge >= 0.3 is 0 Å². The second-order valence-electron chi connectivity index (χ2n) is 6.32. The number of carbonyl (C=O) groups is 1. The highest BCUT2D eigenvalue weighted by molar-refractivity contribution is 5.83. The van der Waals surface area contributed by atoms with E-state index in [4.69, 9.17) is 18.9 Å². The zero-order valence-electron chi connectivity index (χ0n) is 16.0. The van der Waals surface area contributed by atoms with Crippen LogP contribution in [0, 0.1) is 0 Å². The molecule has 1 heterocycles. The van der Waals surface area contributed by atoms with Crippen molar-refractivity contribution < 1.29 is 23.7 Å². The molecule has 7 heteroatoms. The van der Waals surface area contributed by atoms with Crippen LogP contribution in [0.2, 0.25) is 0 Å². The first kappa shape index (κ1) is 20.8. The number of benzene rings is 1. The molecule has 26 heavy (non-hydrogen) atoms. The number of carbonyl (C=O) groups excluding carboxylic acids is 1. The number of amides is 1. The van der Waals surface area contributed by atoms with Gasteiger partial charge in [0.1, 0.15) is 6.61 Å². The molecule has 0 unspecified atom stereocenters. The number of rotatable bonds is 10. The van der Waals surface area contributed by atoms with Crippen LogP contribution in [0.15, 0.2) is 30.3 Å². The molecule has 0 spiro atoms. The standard InChI is InChI=1S/C19H30N2O5/c1-20(9-10-21-11-13-25-14-12-21)18(22)19(23-2,24-3)16-26-15-17-7-5-4-6-8-17/h4-8H,9-16H2,1-3H3. The van der Waals surface area contributed by atoms with Crippen LogP contribution in [0.25, 0.3) is 0 Å². The van der Waals surface area contributed by atoms with Crippen LogP contribution in [0.4, 0.5) is 0 Å². The van der Waals surface area contributed by atoms with E-state index < -0.39 is 5.79 Å². The maximum Gasteiger partial charge on any atom is 0.285 e. The molecular weight excluding hydrogens is 336 g/mol. The van der Waals surface area contributed by atoms with Crippen molar-refractivity contribution in [3.63, 3.8) is 0 Å². The first-order chi connectivity index (χ1) is 12.6. The van der Waals surface area contributed by atoms with Gasteiger partial charge in [-0.05, 0) is 5.56 Å². The van der Waals surface area contributed by atoms with Crippen LogP contribution in [0.5, 0.6) is 0 Å². The summed E-state index contributed by atoms with van der Waals surface area (Å²) < 4.78 is 21.9. The van der Waals surface area contributed by atoms with Crippen molar-refractivity contribution in [2.24, 2.45) is 0 Å². The molecule has 1 aliphatic heterocycles. The van der Waals surface area contributed by atoms with Gasteiger partial charge in [0.2, 0.25) is 0 Å². The number of ether oxygens (including phenoxy) is 4. The third kappa shape index (κ3) is 5.75. The molecule has 0 aliphatic carbocycles. The van der Waals surface area contributed by atoms with Crippen molar-refractivity contribution >= 4 is 5.91 Å². The van der Waals surface area contributed by atoms with E-state index >= 15 is 0 Å². The van der Waals surface area contributed by atoms with Crippen LogP contribution in [-0.4, -0.2) is 88.8 Å². The van der Waals surface area contributed by atoms with Gasteiger partial charge in [0.15, 0.2) is 0 Å². The molecule has 146 valence electrons. The van der Waals surface area contributed by atoms with Gasteiger partial charge in [-0.2, -0.15) is 0 Å². The minimum atomic E-state index is -1.44. The Labute approximate surface area is 155 Å². The number of hydrogen-bond acceptors (Lipinski definition) is 6. The molecule has 1 aromatic carbocycles. The van der Waals surface area contributed by atoms with Crippen LogP contribution in [0.3, 0.4) is 0 Å². The SMILES string of the molecule is COC(COCc1ccccc1)(OC)C(=O)N(C)CCN1CCOCC1. The Morgan fingerprint density at radius 3 is 2.46 bits per heavy atom. The molecule has 1 aliphatic rings. The number of morpholine rings is 1. The van der Waals surface area contributed by atoms with Crippen molar-refractivity contribution in [2.45, 2.75) is 12.4 Å². The summed E-state index contributed by atoms with van der Waals surface area (Å²) in [5.74, 6) is -1.68. The molecule has 1 saturated heterocycles. The van der Waals surface area contributed by atoms with Crippen molar-refractivity contribution in [2.75, 3.05) is 67.3 Å². The molecular formula is C19H30N2O5. The molecule has 0 saturated carbocycles. The summed E-state index contributed by atoms with van der Waals surface area (Å²) in [6.07, 6.45) is 0. The van der Waals surface area contributed by atoms with Crippen LogP contribution in [-0.2, 0) is 30.3 Å². The monoisotopic (exact) mass is 366 g/mol. The van der Waals surface area contributed by atoms with E-state index in [2.05, 4.69) is 4.90 Å². The minimum Gasteiger partial charge on any atom is -0.379 e. The van der Waals surface area contributed by atoms with E-state index in [0.29, 0.717) is 13.2 Å². The lowest BCUT2D eigenvalue weighted by Gasteiger charge is -2.34. The summed E-state index contributed by atoms with van der Waals surface area (Å²) in [5, 5.41) is 0. The highest BCUT2D eigenvalue weighted by Crippen LogP contribution is 2.17. The van der Waals surface area contributed by atoms with Crippen molar-refractivity contribution in [3.8, 4) is 0 Å². The smallest absolute Gasteiger partial charge is 0.285 e. The number of likely N-dealkylation sites (N-methyl/N-ethyl adjacent to an activating group) is 1. The Kier molecular flexibility index (Phi) is 8.47. The maximum absolute atomic E-state index is 12.9. The van der Waals surface area contributed by atoms with E-state index in [-0.39, 0.29) is 12.5 Å². The molecule has 0 aromatic heterocycles. The van der Waals surface area contributed by atoms with Gasteiger partial charge in [-0.1, -0.05) is 30.3 Å². The fourth-order valence-corrected chi connectivity index (χ4v) is 2.82. The van der Waals surface area contributed by atoms with E-state index in [1.54, 1.807) is 11.9 Å². The zero-order chi connectivity index (χ0) is 18.8. The molecule has 0 atom stereocenters. The van der Waals surface area contributed by atoms with Gasteiger partial charge in [-0.3, -0.25) is 9.69 Å². The number of hydrogen-bond donors (Lipinski definition) is 0. The molecule has 7 nitrogen and oxygen atoms in total. The van der Waals surface area contributed by atoms with Crippen molar-refractivity contribution in [3.05, 3.63) is 35.9 Å². The summed E-state index contributed by atoms with van der Waals surface area (Å²) in [4.78, 5) is 16.8. The third-order valence-corrected chi connectivity index (χ3v) is 4.59. The van der Waals surface area contributed by atoms with Gasteiger partial charge in [-0.25, -0.2) is 0 Å². The molecule has 1 fully saturated rings.